The van der Waals surface area contributed by atoms with Crippen LogP contribution in [0.5, 0.6) is 0 Å². The fraction of sp³-hybridized carbons (Fsp3) is 0.952. The minimum atomic E-state index is -4.96. The molecule has 0 aliphatic carbocycles. The number of carbonyl (C=O) groups excluding carboxylic acids is 4. The molecule has 3 N–H and O–H groups in total. The van der Waals surface area contributed by atoms with Crippen molar-refractivity contribution in [2.24, 2.45) is 17.8 Å². The Morgan fingerprint density at radius 2 is 0.451 bits per heavy atom. The van der Waals surface area contributed by atoms with Gasteiger partial charge in [0.1, 0.15) is 19.3 Å². The Labute approximate surface area is 626 Å². The van der Waals surface area contributed by atoms with Crippen molar-refractivity contribution in [1.82, 2.24) is 0 Å². The molecule has 0 aliphatic heterocycles. The van der Waals surface area contributed by atoms with Crippen LogP contribution in [0.3, 0.4) is 0 Å². The molecule has 0 saturated carbocycles. The minimum absolute atomic E-state index is 0.104. The fourth-order valence-corrected chi connectivity index (χ4v) is 14.4. The van der Waals surface area contributed by atoms with Crippen LogP contribution in [0.1, 0.15) is 434 Å². The third-order valence-corrected chi connectivity index (χ3v) is 21.3. The molecule has 102 heavy (non-hydrogen) atoms. The Kier molecular flexibility index (Phi) is 71.8. The van der Waals surface area contributed by atoms with Crippen molar-refractivity contribution in [2.75, 3.05) is 39.6 Å². The first kappa shape index (κ1) is 100. The molecular formula is C83H162O17P2. The number of carbonyl (C=O) groups is 4. The molecule has 0 aromatic rings. The minimum Gasteiger partial charge on any atom is -0.462 e. The molecule has 2 unspecified atom stereocenters. The summed E-state index contributed by atoms with van der Waals surface area (Å²) in [6, 6.07) is 0. The predicted molar refractivity (Wildman–Crippen MR) is 418 cm³/mol. The maximum absolute atomic E-state index is 13.1. The predicted octanol–water partition coefficient (Wildman–Crippen LogP) is 24.9. The SMILES string of the molecule is CCCCCCCCCCCCCCCCCCCCCCCCC(=O)O[C@H](COC(=O)CCCCCCCCCCCCCCCCCCC(C)C)COP(=O)(O)OC[C@@H](O)COP(=O)(O)OC[C@@H](COC(=O)CCCCCCCCC(C)C)OC(=O)CCCCCCCCCCCC(C)C. The van der Waals surface area contributed by atoms with Gasteiger partial charge in [-0.05, 0) is 43.4 Å². The standard InChI is InChI=1S/C83H162O17P2/c1-8-9-10-11-12-13-14-15-16-17-18-19-20-21-22-27-30-33-38-43-52-59-66-82(87)99-78(70-93-80(85)64-57-50-42-37-32-29-26-24-23-25-28-31-35-40-47-54-61-74(2)3)72-97-101(89,90)95-68-77(84)69-96-102(91,92)98-73-79(71-94-81(86)65-58-51-46-45-49-56-63-76(6)7)100-83(88)67-60-53-44-39-34-36-41-48-55-62-75(4)5/h74-79,84H,8-73H2,1-7H3,(H,89,90)(H,91,92)/t77-,78-,79-/m1/s1. The van der Waals surface area contributed by atoms with Gasteiger partial charge >= 0.3 is 39.5 Å². The first-order valence-corrected chi connectivity index (χ1v) is 45.8. The molecule has 0 saturated heterocycles. The highest BCUT2D eigenvalue weighted by atomic mass is 31.2. The van der Waals surface area contributed by atoms with E-state index in [1.165, 1.54) is 238 Å². The van der Waals surface area contributed by atoms with E-state index < -0.39 is 97.5 Å². The van der Waals surface area contributed by atoms with Gasteiger partial charge in [-0.1, -0.05) is 382 Å². The number of phosphoric acid groups is 2. The van der Waals surface area contributed by atoms with Crippen LogP contribution in [0.25, 0.3) is 0 Å². The molecule has 0 spiro atoms. The third kappa shape index (κ3) is 76.3. The van der Waals surface area contributed by atoms with E-state index in [0.29, 0.717) is 31.6 Å². The van der Waals surface area contributed by atoms with Crippen LogP contribution in [0.2, 0.25) is 0 Å². The van der Waals surface area contributed by atoms with Gasteiger partial charge in [0.15, 0.2) is 12.2 Å². The lowest BCUT2D eigenvalue weighted by molar-refractivity contribution is -0.161. The van der Waals surface area contributed by atoms with E-state index in [9.17, 15) is 43.2 Å². The molecule has 0 amide bonds. The Bertz CT molecular complexity index is 1970. The van der Waals surface area contributed by atoms with Crippen LogP contribution in [-0.2, 0) is 65.4 Å². The van der Waals surface area contributed by atoms with Crippen molar-refractivity contribution in [2.45, 2.75) is 452 Å². The van der Waals surface area contributed by atoms with Gasteiger partial charge < -0.3 is 33.8 Å². The zero-order chi connectivity index (χ0) is 75.1. The van der Waals surface area contributed by atoms with Crippen LogP contribution in [-0.4, -0.2) is 96.7 Å². The lowest BCUT2D eigenvalue weighted by Crippen LogP contribution is -2.30. The molecule has 0 rings (SSSR count). The summed E-state index contributed by atoms with van der Waals surface area (Å²) in [5, 5.41) is 10.6. The molecule has 19 heteroatoms. The second-order valence-electron chi connectivity index (χ2n) is 31.3. The number of esters is 4. The van der Waals surface area contributed by atoms with Crippen LogP contribution >= 0.6 is 15.6 Å². The first-order chi connectivity index (χ1) is 49.2. The molecular weight excluding hydrogens is 1330 g/mol. The Morgan fingerprint density at radius 3 is 0.667 bits per heavy atom. The average molecular weight is 1490 g/mol. The zero-order valence-corrected chi connectivity index (χ0v) is 68.9. The summed E-state index contributed by atoms with van der Waals surface area (Å²) in [6.45, 7) is 11.9. The molecule has 0 fully saturated rings. The van der Waals surface area contributed by atoms with E-state index in [0.717, 1.165) is 108 Å². The monoisotopic (exact) mass is 1490 g/mol. The summed E-state index contributed by atoms with van der Waals surface area (Å²) in [5.41, 5.74) is 0. The average Bonchev–Trinajstić information content (AvgIpc) is 1.01. The van der Waals surface area contributed by atoms with Gasteiger partial charge in [0.25, 0.3) is 0 Å². The smallest absolute Gasteiger partial charge is 0.462 e. The summed E-state index contributed by atoms with van der Waals surface area (Å²) < 4.78 is 68.7. The number of aliphatic hydroxyl groups excluding tert-OH is 1. The highest BCUT2D eigenvalue weighted by Gasteiger charge is 2.30. The van der Waals surface area contributed by atoms with E-state index >= 15 is 0 Å². The van der Waals surface area contributed by atoms with Gasteiger partial charge in [-0.15, -0.1) is 0 Å². The summed E-state index contributed by atoms with van der Waals surface area (Å²) in [6.07, 6.45) is 62.9. The zero-order valence-electron chi connectivity index (χ0n) is 67.1. The topological polar surface area (TPSA) is 237 Å². The summed E-state index contributed by atoms with van der Waals surface area (Å²) >= 11 is 0. The van der Waals surface area contributed by atoms with Crippen molar-refractivity contribution in [1.29, 1.82) is 0 Å². The molecule has 0 aliphatic rings. The number of hydrogen-bond acceptors (Lipinski definition) is 15. The Morgan fingerprint density at radius 1 is 0.265 bits per heavy atom. The highest BCUT2D eigenvalue weighted by Crippen LogP contribution is 2.45. The maximum atomic E-state index is 13.1. The Hall–Kier alpha value is -1.94. The van der Waals surface area contributed by atoms with Gasteiger partial charge in [0.2, 0.25) is 0 Å². The van der Waals surface area contributed by atoms with Crippen LogP contribution in [0, 0.1) is 17.8 Å². The van der Waals surface area contributed by atoms with Crippen molar-refractivity contribution < 1.29 is 80.2 Å². The molecule has 606 valence electrons. The quantitative estimate of drug-likeness (QED) is 0.0222. The van der Waals surface area contributed by atoms with Gasteiger partial charge in [-0.3, -0.25) is 37.3 Å². The van der Waals surface area contributed by atoms with E-state index in [-0.39, 0.29) is 25.7 Å². The molecule has 5 atom stereocenters. The van der Waals surface area contributed by atoms with Gasteiger partial charge in [-0.2, -0.15) is 0 Å². The number of rotatable bonds is 81. The number of phosphoric ester groups is 2. The summed E-state index contributed by atoms with van der Waals surface area (Å²) in [5.74, 6) is 0.115. The van der Waals surface area contributed by atoms with E-state index in [2.05, 4.69) is 48.5 Å². The van der Waals surface area contributed by atoms with Crippen molar-refractivity contribution in [3.63, 3.8) is 0 Å². The van der Waals surface area contributed by atoms with Crippen LogP contribution < -0.4 is 0 Å². The lowest BCUT2D eigenvalue weighted by atomic mass is 10.0. The normalized spacial score (nSPS) is 13.9. The van der Waals surface area contributed by atoms with Crippen molar-refractivity contribution >= 4 is 39.5 Å². The number of ether oxygens (including phenoxy) is 4. The van der Waals surface area contributed by atoms with Crippen LogP contribution in [0.4, 0.5) is 0 Å². The van der Waals surface area contributed by atoms with E-state index in [1.807, 2.05) is 0 Å². The first-order valence-electron chi connectivity index (χ1n) is 42.8. The van der Waals surface area contributed by atoms with Crippen LogP contribution in [0.15, 0.2) is 0 Å². The van der Waals surface area contributed by atoms with E-state index in [4.69, 9.17) is 37.0 Å². The molecule has 17 nitrogen and oxygen atoms in total. The number of hydrogen-bond donors (Lipinski definition) is 3. The maximum Gasteiger partial charge on any atom is 0.472 e. The molecule has 0 heterocycles. The molecule has 0 radical (unpaired) electrons. The number of unbranched alkanes of at least 4 members (excludes halogenated alkanes) is 49. The number of aliphatic hydroxyl groups is 1. The highest BCUT2D eigenvalue weighted by molar-refractivity contribution is 7.47. The molecule has 0 bridgehead atoms. The Balaban J connectivity index is 5.19. The lowest BCUT2D eigenvalue weighted by Gasteiger charge is -2.21. The third-order valence-electron chi connectivity index (χ3n) is 19.4. The van der Waals surface area contributed by atoms with Gasteiger partial charge in [0, 0.05) is 25.7 Å². The van der Waals surface area contributed by atoms with Crippen molar-refractivity contribution in [3.8, 4) is 0 Å². The summed E-state index contributed by atoms with van der Waals surface area (Å²) in [4.78, 5) is 73.0. The second-order valence-corrected chi connectivity index (χ2v) is 34.2. The largest absolute Gasteiger partial charge is 0.472 e. The fourth-order valence-electron chi connectivity index (χ4n) is 12.8. The van der Waals surface area contributed by atoms with Gasteiger partial charge in [0.05, 0.1) is 26.4 Å². The molecule has 0 aromatic heterocycles. The molecule has 0 aromatic carbocycles. The van der Waals surface area contributed by atoms with Crippen molar-refractivity contribution in [3.05, 3.63) is 0 Å². The van der Waals surface area contributed by atoms with Gasteiger partial charge in [-0.25, -0.2) is 9.13 Å². The second kappa shape index (κ2) is 73.2. The van der Waals surface area contributed by atoms with E-state index in [1.54, 1.807) is 0 Å². The summed E-state index contributed by atoms with van der Waals surface area (Å²) in [7, 11) is -9.92.